The molecule has 0 aliphatic rings. The lowest BCUT2D eigenvalue weighted by atomic mass is 10.1. The number of hydrogen-bond acceptors (Lipinski definition) is 3. The van der Waals surface area contributed by atoms with Gasteiger partial charge in [-0.05, 0) is 19.1 Å². The summed E-state index contributed by atoms with van der Waals surface area (Å²) in [4.78, 5) is 11.1. The van der Waals surface area contributed by atoms with Crippen molar-refractivity contribution in [1.29, 1.82) is 0 Å². The molecule has 0 spiro atoms. The van der Waals surface area contributed by atoms with Gasteiger partial charge in [-0.3, -0.25) is 0 Å². The molecule has 0 aromatic heterocycles. The van der Waals surface area contributed by atoms with E-state index in [1.165, 1.54) is 12.3 Å². The largest absolute Gasteiger partial charge is 0.485 e. The Balaban J connectivity index is 2.62. The highest BCUT2D eigenvalue weighted by Crippen LogP contribution is 2.07. The minimum atomic E-state index is -0.411. The van der Waals surface area contributed by atoms with E-state index in [1.54, 1.807) is 6.92 Å². The Morgan fingerprint density at radius 2 is 2.00 bits per heavy atom. The van der Waals surface area contributed by atoms with Crippen LogP contribution in [0.4, 0.5) is 0 Å². The number of esters is 1. The van der Waals surface area contributed by atoms with Crippen molar-refractivity contribution in [3.8, 4) is 11.8 Å². The van der Waals surface area contributed by atoms with Gasteiger partial charge in [-0.2, -0.15) is 0 Å². The summed E-state index contributed by atoms with van der Waals surface area (Å²) in [7, 11) is 0. The Morgan fingerprint density at radius 1 is 1.30 bits per heavy atom. The average molecular weight is 272 g/mol. The molecule has 0 fully saturated rings. The molecule has 0 heterocycles. The van der Waals surface area contributed by atoms with Crippen LogP contribution in [0.15, 0.2) is 42.7 Å². The first-order valence-electron chi connectivity index (χ1n) is 6.68. The van der Waals surface area contributed by atoms with Crippen molar-refractivity contribution in [2.45, 2.75) is 26.9 Å². The minimum absolute atomic E-state index is 0.220. The molecular formula is C17H20O3. The summed E-state index contributed by atoms with van der Waals surface area (Å²) in [5, 5.41) is 0. The van der Waals surface area contributed by atoms with Crippen molar-refractivity contribution in [2.75, 3.05) is 6.61 Å². The van der Waals surface area contributed by atoms with Crippen LogP contribution in [-0.2, 0) is 14.3 Å². The predicted octanol–water partition coefficient (Wildman–Crippen LogP) is 3.16. The topological polar surface area (TPSA) is 35.5 Å². The maximum atomic E-state index is 11.1. The van der Waals surface area contributed by atoms with Gasteiger partial charge >= 0.3 is 5.97 Å². The number of ether oxygens (including phenoxy) is 2. The van der Waals surface area contributed by atoms with Gasteiger partial charge in [0.1, 0.15) is 0 Å². The van der Waals surface area contributed by atoms with E-state index >= 15 is 0 Å². The molecule has 1 unspecified atom stereocenters. The fourth-order valence-electron chi connectivity index (χ4n) is 1.40. The van der Waals surface area contributed by atoms with Gasteiger partial charge in [0.25, 0.3) is 0 Å². The summed E-state index contributed by atoms with van der Waals surface area (Å²) in [5.41, 5.74) is 0.941. The van der Waals surface area contributed by atoms with Crippen molar-refractivity contribution < 1.29 is 14.3 Å². The van der Waals surface area contributed by atoms with Crippen LogP contribution >= 0.6 is 0 Å². The highest BCUT2D eigenvalue weighted by atomic mass is 16.5. The lowest BCUT2D eigenvalue weighted by molar-refractivity contribution is -0.137. The van der Waals surface area contributed by atoms with Crippen LogP contribution in [0.2, 0.25) is 0 Å². The molecule has 1 atom stereocenters. The van der Waals surface area contributed by atoms with E-state index in [-0.39, 0.29) is 12.0 Å². The summed E-state index contributed by atoms with van der Waals surface area (Å²) < 4.78 is 10.3. The zero-order chi connectivity index (χ0) is 14.8. The first kappa shape index (κ1) is 15.8. The van der Waals surface area contributed by atoms with E-state index in [0.717, 1.165) is 5.56 Å². The Kier molecular flexibility index (Phi) is 6.99. The molecule has 0 amide bonds. The molecule has 1 aromatic rings. The Bertz CT molecular complexity index is 492. The second-order valence-corrected chi connectivity index (χ2v) is 4.49. The fraction of sp³-hybridized carbons (Fsp3) is 0.353. The quantitative estimate of drug-likeness (QED) is 0.357. The highest BCUT2D eigenvalue weighted by Gasteiger charge is 2.09. The predicted molar refractivity (Wildman–Crippen MR) is 78.8 cm³/mol. The smallest absolute Gasteiger partial charge is 0.333 e. The second kappa shape index (κ2) is 8.82. The zero-order valence-corrected chi connectivity index (χ0v) is 12.1. The third-order valence-electron chi connectivity index (χ3n) is 2.45. The average Bonchev–Trinajstić information content (AvgIpc) is 2.43. The van der Waals surface area contributed by atoms with Crippen LogP contribution in [0.25, 0.3) is 0 Å². The van der Waals surface area contributed by atoms with E-state index in [2.05, 4.69) is 11.8 Å². The summed E-state index contributed by atoms with van der Waals surface area (Å²) >= 11 is 0. The van der Waals surface area contributed by atoms with Gasteiger partial charge < -0.3 is 9.47 Å². The van der Waals surface area contributed by atoms with Gasteiger partial charge in [0, 0.05) is 11.5 Å². The number of rotatable bonds is 5. The lowest BCUT2D eigenvalue weighted by Crippen LogP contribution is -2.15. The maximum Gasteiger partial charge on any atom is 0.333 e. The fourth-order valence-corrected chi connectivity index (χ4v) is 1.40. The normalized spacial score (nSPS) is 11.8. The summed E-state index contributed by atoms with van der Waals surface area (Å²) in [6.45, 7) is 6.14. The van der Waals surface area contributed by atoms with Gasteiger partial charge in [0.2, 0.25) is 0 Å². The number of carbonyl (C=O) groups excluding carboxylic acids is 1. The molecule has 0 saturated carbocycles. The zero-order valence-electron chi connectivity index (χ0n) is 12.1. The van der Waals surface area contributed by atoms with E-state index in [0.29, 0.717) is 6.61 Å². The first-order chi connectivity index (χ1) is 9.63. The Morgan fingerprint density at radius 3 is 2.60 bits per heavy atom. The van der Waals surface area contributed by atoms with E-state index in [1.807, 2.05) is 44.2 Å². The Hall–Kier alpha value is -2.21. The summed E-state index contributed by atoms with van der Waals surface area (Å²) in [6, 6.07) is 9.72. The van der Waals surface area contributed by atoms with E-state index < -0.39 is 5.97 Å². The van der Waals surface area contributed by atoms with Gasteiger partial charge in [0.05, 0.1) is 18.9 Å². The van der Waals surface area contributed by atoms with Crippen LogP contribution in [0.1, 0.15) is 26.3 Å². The first-order valence-corrected chi connectivity index (χ1v) is 6.68. The number of hydrogen-bond donors (Lipinski definition) is 0. The third kappa shape index (κ3) is 6.10. The monoisotopic (exact) mass is 272 g/mol. The standard InChI is InChI=1S/C17H20O3/c1-4-19-17(18)12-13-20-16(14(2)3)11-10-15-8-6-5-7-9-15/h5-9,12-14,16H,4H2,1-3H3/b13-12+. The van der Waals surface area contributed by atoms with Crippen LogP contribution < -0.4 is 0 Å². The molecule has 0 bridgehead atoms. The molecule has 1 rings (SSSR count). The van der Waals surface area contributed by atoms with E-state index in [9.17, 15) is 4.79 Å². The maximum absolute atomic E-state index is 11.1. The third-order valence-corrected chi connectivity index (χ3v) is 2.45. The molecule has 3 heteroatoms. The van der Waals surface area contributed by atoms with E-state index in [4.69, 9.17) is 9.47 Å². The number of carbonyl (C=O) groups is 1. The van der Waals surface area contributed by atoms with Crippen molar-refractivity contribution in [1.82, 2.24) is 0 Å². The van der Waals surface area contributed by atoms with Crippen molar-refractivity contribution in [2.24, 2.45) is 5.92 Å². The van der Waals surface area contributed by atoms with Crippen LogP contribution in [0.5, 0.6) is 0 Å². The molecule has 0 aliphatic carbocycles. The van der Waals surface area contributed by atoms with Crippen molar-refractivity contribution in [3.05, 3.63) is 48.2 Å². The van der Waals surface area contributed by atoms with Crippen LogP contribution in [0.3, 0.4) is 0 Å². The molecule has 0 saturated heterocycles. The lowest BCUT2D eigenvalue weighted by Gasteiger charge is -2.13. The molecule has 3 nitrogen and oxygen atoms in total. The molecular weight excluding hydrogens is 252 g/mol. The Labute approximate surface area is 120 Å². The SMILES string of the molecule is CCOC(=O)/C=C/OC(C#Cc1ccccc1)C(C)C. The van der Waals surface area contributed by atoms with Crippen LogP contribution in [0, 0.1) is 17.8 Å². The number of benzene rings is 1. The summed E-state index contributed by atoms with van der Waals surface area (Å²) in [5.74, 6) is 5.94. The van der Waals surface area contributed by atoms with Crippen LogP contribution in [-0.4, -0.2) is 18.7 Å². The highest BCUT2D eigenvalue weighted by molar-refractivity contribution is 5.81. The summed E-state index contributed by atoms with van der Waals surface area (Å²) in [6.07, 6.45) is 2.35. The van der Waals surface area contributed by atoms with Crippen molar-refractivity contribution in [3.63, 3.8) is 0 Å². The molecule has 20 heavy (non-hydrogen) atoms. The minimum Gasteiger partial charge on any atom is -0.485 e. The molecule has 106 valence electrons. The van der Waals surface area contributed by atoms with Gasteiger partial charge in [-0.15, -0.1) is 0 Å². The van der Waals surface area contributed by atoms with Crippen molar-refractivity contribution >= 4 is 5.97 Å². The van der Waals surface area contributed by atoms with Gasteiger partial charge in [0.15, 0.2) is 6.10 Å². The van der Waals surface area contributed by atoms with Gasteiger partial charge in [-0.1, -0.05) is 43.9 Å². The second-order valence-electron chi connectivity index (χ2n) is 4.49. The molecule has 0 N–H and O–H groups in total. The molecule has 1 aromatic carbocycles. The molecule has 0 aliphatic heterocycles. The van der Waals surface area contributed by atoms with Gasteiger partial charge in [-0.25, -0.2) is 4.79 Å². The molecule has 0 radical (unpaired) electrons.